The highest BCUT2D eigenvalue weighted by Crippen LogP contribution is 2.43. The van der Waals surface area contributed by atoms with E-state index in [0.717, 1.165) is 28.6 Å². The van der Waals surface area contributed by atoms with E-state index in [9.17, 15) is 14.7 Å². The summed E-state index contributed by atoms with van der Waals surface area (Å²) in [5, 5.41) is 9.84. The van der Waals surface area contributed by atoms with E-state index in [0.29, 0.717) is 21.1 Å². The molecule has 1 fully saturated rings. The fourth-order valence-corrected chi connectivity index (χ4v) is 4.62. The first-order chi connectivity index (χ1) is 14.7. The van der Waals surface area contributed by atoms with Gasteiger partial charge in [0.2, 0.25) is 0 Å². The molecule has 0 saturated carbocycles. The van der Waals surface area contributed by atoms with E-state index in [4.69, 9.17) is 9.47 Å². The van der Waals surface area contributed by atoms with Crippen LogP contribution in [-0.4, -0.2) is 40.9 Å². The van der Waals surface area contributed by atoms with Gasteiger partial charge in [0.15, 0.2) is 11.5 Å². The number of aromatic hydroxyl groups is 1. The summed E-state index contributed by atoms with van der Waals surface area (Å²) in [6, 6.07) is 7.52. The topological polar surface area (TPSA) is 76.1 Å². The lowest BCUT2D eigenvalue weighted by Gasteiger charge is -2.15. The van der Waals surface area contributed by atoms with Crippen molar-refractivity contribution in [2.24, 2.45) is 0 Å². The van der Waals surface area contributed by atoms with Crippen LogP contribution in [0.5, 0.6) is 17.2 Å². The molecule has 2 aromatic rings. The molecule has 1 N–H and O–H groups in total. The van der Waals surface area contributed by atoms with Crippen molar-refractivity contribution in [3.05, 3.63) is 54.8 Å². The Balaban J connectivity index is 1.75. The zero-order valence-electron chi connectivity index (χ0n) is 17.2. The van der Waals surface area contributed by atoms with Gasteiger partial charge in [-0.05, 0) is 99.3 Å². The van der Waals surface area contributed by atoms with E-state index in [1.165, 1.54) is 4.90 Å². The minimum Gasteiger partial charge on any atom is -0.503 e. The Kier molecular flexibility index (Phi) is 7.72. The highest BCUT2D eigenvalue weighted by molar-refractivity contribution is 9.13. The second-order valence-corrected chi connectivity index (χ2v) is 9.40. The minimum atomic E-state index is -0.381. The summed E-state index contributed by atoms with van der Waals surface area (Å²) in [6.45, 7) is 6.46. The van der Waals surface area contributed by atoms with Gasteiger partial charge in [0, 0.05) is 4.47 Å². The van der Waals surface area contributed by atoms with Crippen LogP contribution in [0.3, 0.4) is 0 Å². The molecule has 6 nitrogen and oxygen atoms in total. The lowest BCUT2D eigenvalue weighted by Crippen LogP contribution is -2.32. The molecule has 0 bridgehead atoms. The van der Waals surface area contributed by atoms with Gasteiger partial charge < -0.3 is 14.6 Å². The number of hydrogen-bond acceptors (Lipinski definition) is 6. The largest absolute Gasteiger partial charge is 0.503 e. The smallest absolute Gasteiger partial charge is 0.293 e. The van der Waals surface area contributed by atoms with Gasteiger partial charge in [0.05, 0.1) is 22.5 Å². The molecule has 1 aliphatic rings. The standard InChI is InChI=1S/C22H21Br2NO5S/c1-4-29-16-10-14(18(23)19(24)20(16)26)11-17-21(27)25(22(28)31-17)7-8-30-15-9-12(2)5-6-13(15)3/h5-6,9-11,26H,4,7-8H2,1-3H3/b17-11-. The van der Waals surface area contributed by atoms with Crippen molar-refractivity contribution in [1.82, 2.24) is 4.90 Å². The van der Waals surface area contributed by atoms with Crippen molar-refractivity contribution in [2.75, 3.05) is 19.8 Å². The van der Waals surface area contributed by atoms with Crippen LogP contribution < -0.4 is 9.47 Å². The van der Waals surface area contributed by atoms with Crippen LogP contribution in [0.15, 0.2) is 38.1 Å². The zero-order chi connectivity index (χ0) is 22.7. The Morgan fingerprint density at radius 3 is 2.55 bits per heavy atom. The lowest BCUT2D eigenvalue weighted by molar-refractivity contribution is -0.123. The summed E-state index contributed by atoms with van der Waals surface area (Å²) >= 11 is 7.59. The summed E-state index contributed by atoms with van der Waals surface area (Å²) in [6.07, 6.45) is 1.60. The molecule has 0 spiro atoms. The Labute approximate surface area is 201 Å². The van der Waals surface area contributed by atoms with Gasteiger partial charge in [-0.1, -0.05) is 12.1 Å². The van der Waals surface area contributed by atoms with E-state index in [2.05, 4.69) is 31.9 Å². The van der Waals surface area contributed by atoms with E-state index in [1.807, 2.05) is 32.0 Å². The fourth-order valence-electron chi connectivity index (χ4n) is 2.93. The number of amides is 2. The van der Waals surface area contributed by atoms with Crippen LogP contribution >= 0.6 is 43.6 Å². The summed E-state index contributed by atoms with van der Waals surface area (Å²) in [5.74, 6) is 0.602. The minimum absolute atomic E-state index is 0.0393. The van der Waals surface area contributed by atoms with Crippen LogP contribution in [0.1, 0.15) is 23.6 Å². The molecule has 2 aromatic carbocycles. The number of carbonyl (C=O) groups is 2. The van der Waals surface area contributed by atoms with Gasteiger partial charge in [-0.3, -0.25) is 14.5 Å². The maximum absolute atomic E-state index is 12.8. The summed E-state index contributed by atoms with van der Waals surface area (Å²) in [7, 11) is 0. The molecular formula is C22H21Br2NO5S. The van der Waals surface area contributed by atoms with Gasteiger partial charge in [0.1, 0.15) is 12.4 Å². The van der Waals surface area contributed by atoms with E-state index < -0.39 is 0 Å². The van der Waals surface area contributed by atoms with Crippen LogP contribution in [0, 0.1) is 13.8 Å². The van der Waals surface area contributed by atoms with Crippen LogP contribution in [0.25, 0.3) is 6.08 Å². The Morgan fingerprint density at radius 1 is 1.10 bits per heavy atom. The van der Waals surface area contributed by atoms with E-state index in [-0.39, 0.29) is 40.7 Å². The number of carbonyl (C=O) groups excluding carboxylic acids is 2. The number of aryl methyl sites for hydroxylation is 2. The van der Waals surface area contributed by atoms with Gasteiger partial charge in [-0.15, -0.1) is 0 Å². The molecule has 0 unspecified atom stereocenters. The number of hydrogen-bond donors (Lipinski definition) is 1. The first-order valence-corrected chi connectivity index (χ1v) is 11.9. The molecule has 1 aliphatic heterocycles. The first-order valence-electron chi connectivity index (χ1n) is 9.52. The van der Waals surface area contributed by atoms with Gasteiger partial charge in [-0.2, -0.15) is 0 Å². The van der Waals surface area contributed by atoms with Crippen molar-refractivity contribution < 1.29 is 24.2 Å². The molecule has 0 atom stereocenters. The average molecular weight is 571 g/mol. The third-order valence-corrected chi connectivity index (χ3v) is 7.62. The highest BCUT2D eigenvalue weighted by Gasteiger charge is 2.35. The van der Waals surface area contributed by atoms with Crippen molar-refractivity contribution in [3.8, 4) is 17.2 Å². The average Bonchev–Trinajstić information content (AvgIpc) is 2.99. The number of benzene rings is 2. The lowest BCUT2D eigenvalue weighted by atomic mass is 10.1. The first kappa shape index (κ1) is 23.7. The SMILES string of the molecule is CCOc1cc(/C=C2\SC(=O)N(CCOc3cc(C)ccc3C)C2=O)c(Br)c(Br)c1O. The van der Waals surface area contributed by atoms with Gasteiger partial charge >= 0.3 is 0 Å². The summed E-state index contributed by atoms with van der Waals surface area (Å²) in [4.78, 5) is 26.7. The van der Waals surface area contributed by atoms with Crippen LogP contribution in [0.4, 0.5) is 4.79 Å². The second-order valence-electron chi connectivity index (χ2n) is 6.82. The van der Waals surface area contributed by atoms with Gasteiger partial charge in [0.25, 0.3) is 11.1 Å². The number of phenols is 1. The van der Waals surface area contributed by atoms with Gasteiger partial charge in [-0.25, -0.2) is 0 Å². The van der Waals surface area contributed by atoms with Crippen molar-refractivity contribution in [3.63, 3.8) is 0 Å². The maximum atomic E-state index is 12.8. The summed E-state index contributed by atoms with van der Waals surface area (Å²) < 4.78 is 12.2. The fraction of sp³-hybridized carbons (Fsp3) is 0.273. The third-order valence-electron chi connectivity index (χ3n) is 4.55. The Morgan fingerprint density at radius 2 is 1.84 bits per heavy atom. The number of rotatable bonds is 7. The molecule has 0 aliphatic carbocycles. The molecule has 2 amide bonds. The highest BCUT2D eigenvalue weighted by atomic mass is 79.9. The van der Waals surface area contributed by atoms with Crippen molar-refractivity contribution in [2.45, 2.75) is 20.8 Å². The molecule has 3 rings (SSSR count). The molecule has 9 heteroatoms. The molecule has 164 valence electrons. The van der Waals surface area contributed by atoms with Crippen LogP contribution in [-0.2, 0) is 4.79 Å². The van der Waals surface area contributed by atoms with E-state index >= 15 is 0 Å². The molecule has 31 heavy (non-hydrogen) atoms. The Hall–Kier alpha value is -1.97. The predicted octanol–water partition coefficient (Wildman–Crippen LogP) is 6.05. The van der Waals surface area contributed by atoms with E-state index in [1.54, 1.807) is 19.1 Å². The number of halogens is 2. The van der Waals surface area contributed by atoms with Crippen molar-refractivity contribution in [1.29, 1.82) is 0 Å². The number of thioether (sulfide) groups is 1. The number of ether oxygens (including phenoxy) is 2. The number of phenolic OH excluding ortho intramolecular Hbond substituents is 1. The third kappa shape index (κ3) is 5.27. The zero-order valence-corrected chi connectivity index (χ0v) is 21.2. The van der Waals surface area contributed by atoms with Crippen molar-refractivity contribution >= 4 is 60.8 Å². The number of nitrogens with zero attached hydrogens (tertiary/aromatic N) is 1. The normalized spacial score (nSPS) is 15.1. The molecule has 0 radical (unpaired) electrons. The monoisotopic (exact) mass is 569 g/mol. The second kappa shape index (κ2) is 10.1. The maximum Gasteiger partial charge on any atom is 0.293 e. The quantitative estimate of drug-likeness (QED) is 0.408. The number of imide groups is 1. The van der Waals surface area contributed by atoms with Crippen LogP contribution in [0.2, 0.25) is 0 Å². The molecular weight excluding hydrogens is 550 g/mol. The molecule has 1 heterocycles. The Bertz CT molecular complexity index is 1070. The molecule has 0 aromatic heterocycles. The predicted molar refractivity (Wildman–Crippen MR) is 129 cm³/mol. The summed E-state index contributed by atoms with van der Waals surface area (Å²) in [5.41, 5.74) is 2.67. The molecule has 1 saturated heterocycles.